The number of halogens is 3. The molecule has 216 valence electrons. The van der Waals surface area contributed by atoms with Gasteiger partial charge in [-0.2, -0.15) is 28.1 Å². The average Bonchev–Trinajstić information content (AvgIpc) is 2.95. The van der Waals surface area contributed by atoms with E-state index in [1.54, 1.807) is 17.9 Å². The summed E-state index contributed by atoms with van der Waals surface area (Å²) in [6, 6.07) is 0.772. The summed E-state index contributed by atoms with van der Waals surface area (Å²) in [4.78, 5) is 47.0. The molecule has 11 nitrogen and oxygen atoms in total. The highest BCUT2D eigenvalue weighted by atomic mass is 19.4. The molecule has 1 amide bonds. The third-order valence-corrected chi connectivity index (χ3v) is 6.71. The number of anilines is 3. The van der Waals surface area contributed by atoms with Gasteiger partial charge in [0.15, 0.2) is 11.6 Å². The predicted octanol–water partition coefficient (Wildman–Crippen LogP) is 2.73. The summed E-state index contributed by atoms with van der Waals surface area (Å²) in [6.07, 6.45) is 1.61. The lowest BCUT2D eigenvalue weighted by atomic mass is 10.1. The molecule has 2 aliphatic rings. The first-order chi connectivity index (χ1) is 19.2. The third-order valence-electron chi connectivity index (χ3n) is 6.71. The summed E-state index contributed by atoms with van der Waals surface area (Å²) in [7, 11) is 0. The fourth-order valence-electron chi connectivity index (χ4n) is 4.56. The van der Waals surface area contributed by atoms with Gasteiger partial charge in [0.05, 0.1) is 24.3 Å². The number of hydrogen-bond donors (Lipinski definition) is 1. The molecule has 0 radical (unpaired) electrons. The van der Waals surface area contributed by atoms with Gasteiger partial charge < -0.3 is 25.2 Å². The van der Waals surface area contributed by atoms with E-state index < -0.39 is 11.7 Å². The molecule has 2 aromatic rings. The molecule has 0 saturated carbocycles. The molecule has 4 rings (SSSR count). The number of unbranched alkanes of at least 4 members (excludes halogenated alkanes) is 1. The molecule has 0 atom stereocenters. The van der Waals surface area contributed by atoms with Crippen LogP contribution in [0, 0.1) is 0 Å². The Morgan fingerprint density at radius 1 is 0.975 bits per heavy atom. The standard InChI is InChI=1S/C26H33F3N8O3/c1-2-5-18(38)6-3-4-7-22(39)35-8-10-36(11-9-35)24-32-23(33-25(34-24)37-12-14-40-15-13-37)19-17-31-21(30)16-20(19)26(27,28)29/h2,5,16-17H,3-4,6-15H2,1H3,(H2,30,31)/b5-2+. The second-order valence-electron chi connectivity index (χ2n) is 9.55. The number of carbonyl (C=O) groups is 2. The number of pyridine rings is 1. The van der Waals surface area contributed by atoms with Crippen molar-refractivity contribution in [3.05, 3.63) is 30.0 Å². The predicted molar refractivity (Wildman–Crippen MR) is 143 cm³/mol. The SMILES string of the molecule is C/C=C/C(=O)CCCCC(=O)N1CCN(c2nc(-c3cnc(N)cc3C(F)(F)F)nc(N3CCOCC3)n2)CC1. The van der Waals surface area contributed by atoms with Crippen molar-refractivity contribution in [1.82, 2.24) is 24.8 Å². The summed E-state index contributed by atoms with van der Waals surface area (Å²) in [6.45, 7) is 5.29. The van der Waals surface area contributed by atoms with Gasteiger partial charge in [-0.3, -0.25) is 9.59 Å². The number of nitrogens with zero attached hydrogens (tertiary/aromatic N) is 7. The molecule has 2 aromatic heterocycles. The smallest absolute Gasteiger partial charge is 0.384 e. The Morgan fingerprint density at radius 2 is 1.60 bits per heavy atom. The number of nitrogens with two attached hydrogens (primary N) is 1. The number of ether oxygens (including phenoxy) is 1. The first-order valence-corrected chi connectivity index (χ1v) is 13.3. The number of morpholine rings is 1. The van der Waals surface area contributed by atoms with E-state index in [1.165, 1.54) is 6.08 Å². The molecular formula is C26H33F3N8O3. The number of ketones is 1. The van der Waals surface area contributed by atoms with Crippen LogP contribution in [0.1, 0.15) is 38.2 Å². The Labute approximate surface area is 230 Å². The molecule has 0 aromatic carbocycles. The molecule has 0 aliphatic carbocycles. The van der Waals surface area contributed by atoms with E-state index in [0.717, 1.165) is 12.3 Å². The van der Waals surface area contributed by atoms with E-state index in [1.807, 2.05) is 9.80 Å². The Kier molecular flexibility index (Phi) is 9.50. The summed E-state index contributed by atoms with van der Waals surface area (Å²) < 4.78 is 47.0. The molecule has 0 unspecified atom stereocenters. The van der Waals surface area contributed by atoms with Crippen molar-refractivity contribution in [2.24, 2.45) is 0 Å². The Morgan fingerprint density at radius 3 is 2.23 bits per heavy atom. The Bertz CT molecular complexity index is 1230. The summed E-state index contributed by atoms with van der Waals surface area (Å²) in [5.74, 6) is 0.117. The van der Waals surface area contributed by atoms with E-state index in [-0.39, 0.29) is 40.8 Å². The van der Waals surface area contributed by atoms with Crippen LogP contribution >= 0.6 is 0 Å². The van der Waals surface area contributed by atoms with Gasteiger partial charge in [-0.25, -0.2) is 4.98 Å². The van der Waals surface area contributed by atoms with Crippen LogP contribution in [0.2, 0.25) is 0 Å². The summed E-state index contributed by atoms with van der Waals surface area (Å²) in [5, 5.41) is 0. The number of hydrogen-bond acceptors (Lipinski definition) is 10. The van der Waals surface area contributed by atoms with Gasteiger partial charge in [0, 0.05) is 58.3 Å². The van der Waals surface area contributed by atoms with Crippen LogP contribution in [0.3, 0.4) is 0 Å². The molecule has 2 fully saturated rings. The number of allylic oxidation sites excluding steroid dienone is 2. The van der Waals surface area contributed by atoms with Gasteiger partial charge in [0.1, 0.15) is 5.82 Å². The van der Waals surface area contributed by atoms with Gasteiger partial charge in [-0.1, -0.05) is 6.08 Å². The van der Waals surface area contributed by atoms with Gasteiger partial charge in [0.2, 0.25) is 17.8 Å². The van der Waals surface area contributed by atoms with Crippen molar-refractivity contribution >= 4 is 29.4 Å². The van der Waals surface area contributed by atoms with Crippen molar-refractivity contribution in [2.75, 3.05) is 68.0 Å². The van der Waals surface area contributed by atoms with Crippen LogP contribution in [0.25, 0.3) is 11.4 Å². The molecular weight excluding hydrogens is 529 g/mol. The Balaban J connectivity index is 1.50. The van der Waals surface area contributed by atoms with Crippen molar-refractivity contribution in [3.63, 3.8) is 0 Å². The first kappa shape index (κ1) is 29.2. The molecule has 40 heavy (non-hydrogen) atoms. The van der Waals surface area contributed by atoms with Crippen molar-refractivity contribution < 1.29 is 27.5 Å². The lowest BCUT2D eigenvalue weighted by molar-refractivity contribution is -0.137. The minimum Gasteiger partial charge on any atom is -0.384 e. The molecule has 14 heteroatoms. The molecule has 0 bridgehead atoms. The van der Waals surface area contributed by atoms with Crippen LogP contribution in [-0.4, -0.2) is 89.0 Å². The number of amides is 1. The quantitative estimate of drug-likeness (QED) is 0.360. The van der Waals surface area contributed by atoms with Crippen molar-refractivity contribution in [3.8, 4) is 11.4 Å². The molecule has 4 heterocycles. The maximum atomic E-state index is 13.9. The fraction of sp³-hybridized carbons (Fsp3) is 0.538. The van der Waals surface area contributed by atoms with E-state index in [9.17, 15) is 22.8 Å². The van der Waals surface area contributed by atoms with Crippen LogP contribution in [0.5, 0.6) is 0 Å². The van der Waals surface area contributed by atoms with E-state index in [0.29, 0.717) is 78.2 Å². The third kappa shape index (κ3) is 7.43. The lowest BCUT2D eigenvalue weighted by Crippen LogP contribution is -2.49. The van der Waals surface area contributed by atoms with Crippen molar-refractivity contribution in [1.29, 1.82) is 0 Å². The van der Waals surface area contributed by atoms with Gasteiger partial charge in [0.25, 0.3) is 0 Å². The second kappa shape index (κ2) is 13.0. The molecule has 2 aliphatic heterocycles. The molecule has 0 spiro atoms. The average molecular weight is 563 g/mol. The monoisotopic (exact) mass is 562 g/mol. The highest BCUT2D eigenvalue weighted by Gasteiger charge is 2.36. The Hall–Kier alpha value is -3.81. The zero-order valence-electron chi connectivity index (χ0n) is 22.4. The maximum absolute atomic E-state index is 13.9. The number of piperazine rings is 1. The van der Waals surface area contributed by atoms with Crippen LogP contribution in [-0.2, 0) is 20.5 Å². The molecule has 2 N–H and O–H groups in total. The van der Waals surface area contributed by atoms with E-state index in [2.05, 4.69) is 19.9 Å². The maximum Gasteiger partial charge on any atom is 0.417 e. The number of carbonyl (C=O) groups excluding carboxylic acids is 2. The number of nitrogen functional groups attached to an aromatic ring is 1. The highest BCUT2D eigenvalue weighted by molar-refractivity contribution is 5.89. The van der Waals surface area contributed by atoms with Crippen LogP contribution < -0.4 is 15.5 Å². The van der Waals surface area contributed by atoms with E-state index in [4.69, 9.17) is 10.5 Å². The second-order valence-corrected chi connectivity index (χ2v) is 9.55. The number of alkyl halides is 3. The largest absolute Gasteiger partial charge is 0.417 e. The van der Waals surface area contributed by atoms with Gasteiger partial charge >= 0.3 is 6.18 Å². The topological polar surface area (TPSA) is 131 Å². The normalized spacial score (nSPS) is 16.6. The fourth-order valence-corrected chi connectivity index (χ4v) is 4.56. The van der Waals surface area contributed by atoms with Crippen LogP contribution in [0.15, 0.2) is 24.4 Å². The summed E-state index contributed by atoms with van der Waals surface area (Å²) in [5.41, 5.74) is 4.28. The lowest BCUT2D eigenvalue weighted by Gasteiger charge is -2.35. The first-order valence-electron chi connectivity index (χ1n) is 13.3. The van der Waals surface area contributed by atoms with Crippen LogP contribution in [0.4, 0.5) is 30.9 Å². The minimum absolute atomic E-state index is 0.00578. The molecule has 2 saturated heterocycles. The van der Waals surface area contributed by atoms with Gasteiger partial charge in [-0.15, -0.1) is 0 Å². The zero-order valence-corrected chi connectivity index (χ0v) is 22.4. The highest BCUT2D eigenvalue weighted by Crippen LogP contribution is 2.37. The minimum atomic E-state index is -4.69. The van der Waals surface area contributed by atoms with Gasteiger partial charge in [-0.05, 0) is 31.9 Å². The van der Waals surface area contributed by atoms with E-state index >= 15 is 0 Å². The van der Waals surface area contributed by atoms with Crippen molar-refractivity contribution in [2.45, 2.75) is 38.8 Å². The zero-order chi connectivity index (χ0) is 28.7. The number of rotatable bonds is 9. The summed E-state index contributed by atoms with van der Waals surface area (Å²) >= 11 is 0. The number of aromatic nitrogens is 4.